The number of rotatable bonds is 3. The maximum atomic E-state index is 11.1. The van der Waals surface area contributed by atoms with Gasteiger partial charge in [0, 0.05) is 11.1 Å². The van der Waals surface area contributed by atoms with Gasteiger partial charge in [0.1, 0.15) is 0 Å². The number of halogens is 1. The van der Waals surface area contributed by atoms with Gasteiger partial charge in [-0.15, -0.1) is 12.6 Å². The summed E-state index contributed by atoms with van der Waals surface area (Å²) in [6, 6.07) is 19.3. The maximum Gasteiger partial charge on any atom is 0.216 e. The van der Waals surface area contributed by atoms with E-state index >= 15 is 0 Å². The van der Waals surface area contributed by atoms with E-state index in [1.165, 1.54) is 10.6 Å². The maximum absolute atomic E-state index is 11.1. The van der Waals surface area contributed by atoms with E-state index in [2.05, 4.69) is 46.8 Å². The van der Waals surface area contributed by atoms with E-state index in [0.29, 0.717) is 5.56 Å². The van der Waals surface area contributed by atoms with Gasteiger partial charge in [0.2, 0.25) is 5.12 Å². The van der Waals surface area contributed by atoms with Crippen molar-refractivity contribution in [3.63, 3.8) is 0 Å². The molecule has 1 atom stereocenters. The Morgan fingerprint density at radius 3 is 2.35 bits per heavy atom. The Hall–Kier alpha value is -0.560. The number of thiol groups is 1. The van der Waals surface area contributed by atoms with Crippen LogP contribution in [-0.2, 0) is 0 Å². The van der Waals surface area contributed by atoms with Gasteiger partial charge in [-0.3, -0.25) is 4.79 Å². The van der Waals surface area contributed by atoms with Gasteiger partial charge in [-0.2, -0.15) is 0 Å². The average molecular weight is 370 g/mol. The molecule has 1 nitrogen and oxygen atoms in total. The first-order valence-electron chi connectivity index (χ1n) is 4.85. The number of hydrogen-bond acceptors (Lipinski definition) is 1. The largest absolute Gasteiger partial charge is 0.282 e. The minimum absolute atomic E-state index is 0.197. The van der Waals surface area contributed by atoms with Crippen LogP contribution in [-0.4, -0.2) is 5.12 Å². The molecular weight excluding hydrogens is 362 g/mol. The zero-order chi connectivity index (χ0) is 12.3. The Bertz CT molecular complexity index is 513. The predicted molar refractivity (Wildman–Crippen MR) is 84.1 cm³/mol. The van der Waals surface area contributed by atoms with Crippen molar-refractivity contribution in [2.24, 2.45) is 0 Å². The first kappa shape index (κ1) is 12.9. The van der Waals surface area contributed by atoms with E-state index < -0.39 is 5.56 Å². The van der Waals surface area contributed by atoms with Crippen LogP contribution in [0.1, 0.15) is 10.4 Å². The van der Waals surface area contributed by atoms with Crippen LogP contribution in [0, 0.1) is 12.1 Å². The topological polar surface area (TPSA) is 17.1 Å². The SMILES string of the molecule is O=C(S)c1ccc(P(I)c2cc#ccc2)cc1. The third kappa shape index (κ3) is 3.22. The molecular formula is C13H8IOPS. The number of carbonyl (C=O) groups is 1. The summed E-state index contributed by atoms with van der Waals surface area (Å²) in [5, 5.41) is 2.26. The Labute approximate surface area is 120 Å². The third-order valence-electron chi connectivity index (χ3n) is 2.21. The zero-order valence-electron chi connectivity index (χ0n) is 8.72. The van der Waals surface area contributed by atoms with Gasteiger partial charge in [-0.25, -0.2) is 0 Å². The van der Waals surface area contributed by atoms with E-state index in [4.69, 9.17) is 0 Å². The molecule has 2 rings (SSSR count). The van der Waals surface area contributed by atoms with Gasteiger partial charge in [0.05, 0.1) is 0 Å². The van der Waals surface area contributed by atoms with Gasteiger partial charge in [0.25, 0.3) is 0 Å². The molecule has 17 heavy (non-hydrogen) atoms. The molecule has 0 N–H and O–H groups in total. The summed E-state index contributed by atoms with van der Waals surface area (Å²) in [7, 11) is 0. The Morgan fingerprint density at radius 1 is 1.12 bits per heavy atom. The number of carbonyl (C=O) groups excluding carboxylic acids is 1. The number of benzene rings is 1. The lowest BCUT2D eigenvalue weighted by molar-refractivity contribution is 0.109. The average Bonchev–Trinajstić information content (AvgIpc) is 2.39. The second kappa shape index (κ2) is 5.86. The molecule has 0 saturated carbocycles. The smallest absolute Gasteiger partial charge is 0.216 e. The molecule has 84 valence electrons. The van der Waals surface area contributed by atoms with Crippen LogP contribution in [0.25, 0.3) is 0 Å². The lowest BCUT2D eigenvalue weighted by Crippen LogP contribution is -2.07. The number of hydrogen-bond donors (Lipinski definition) is 1. The van der Waals surface area contributed by atoms with Crippen LogP contribution in [0.5, 0.6) is 0 Å². The summed E-state index contributed by atoms with van der Waals surface area (Å²) < 4.78 is 0. The van der Waals surface area contributed by atoms with Crippen LogP contribution in [0.3, 0.4) is 0 Å². The third-order valence-corrected chi connectivity index (χ3v) is 7.29. The quantitative estimate of drug-likeness (QED) is 0.499. The van der Waals surface area contributed by atoms with Crippen LogP contribution in [0.4, 0.5) is 0 Å². The molecule has 1 unspecified atom stereocenters. The second-order valence-corrected chi connectivity index (χ2v) is 8.22. The normalized spacial score (nSPS) is 11.6. The molecule has 4 heteroatoms. The molecule has 0 saturated heterocycles. The van der Waals surface area contributed by atoms with Crippen LogP contribution >= 0.6 is 40.2 Å². The highest BCUT2D eigenvalue weighted by molar-refractivity contribution is 14.2. The van der Waals surface area contributed by atoms with Crippen molar-refractivity contribution in [2.75, 3.05) is 0 Å². The summed E-state index contributed by atoms with van der Waals surface area (Å²) >= 11 is 6.23. The van der Waals surface area contributed by atoms with Crippen molar-refractivity contribution in [3.05, 3.63) is 60.2 Å². The molecule has 0 bridgehead atoms. The van der Waals surface area contributed by atoms with E-state index in [9.17, 15) is 4.79 Å². The highest BCUT2D eigenvalue weighted by Gasteiger charge is 2.10. The second-order valence-electron chi connectivity index (χ2n) is 3.32. The molecule has 0 aliphatic heterocycles. The van der Waals surface area contributed by atoms with E-state index in [0.717, 1.165) is 0 Å². The van der Waals surface area contributed by atoms with Gasteiger partial charge in [0.15, 0.2) is 0 Å². The van der Waals surface area contributed by atoms with Gasteiger partial charge < -0.3 is 0 Å². The van der Waals surface area contributed by atoms with Crippen molar-refractivity contribution in [1.29, 1.82) is 0 Å². The zero-order valence-corrected chi connectivity index (χ0v) is 12.7. The standard InChI is InChI=1S/C13H8IOPS/c14-16(11-4-2-1-3-5-11)12-8-6-10(7-9-12)13(15)17/h2,4-9H,(H,15,17). The fourth-order valence-electron chi connectivity index (χ4n) is 1.34. The van der Waals surface area contributed by atoms with Crippen LogP contribution in [0.15, 0.2) is 42.5 Å². The lowest BCUT2D eigenvalue weighted by atomic mass is 10.2. The Morgan fingerprint density at radius 2 is 1.82 bits per heavy atom. The first-order valence-corrected chi connectivity index (χ1v) is 9.43. The lowest BCUT2D eigenvalue weighted by Gasteiger charge is -2.09. The van der Waals surface area contributed by atoms with Crippen molar-refractivity contribution >= 4 is 56.0 Å². The van der Waals surface area contributed by atoms with Gasteiger partial charge >= 0.3 is 0 Å². The van der Waals surface area contributed by atoms with Crippen molar-refractivity contribution in [1.82, 2.24) is 0 Å². The minimum atomic E-state index is -0.420. The highest BCUT2D eigenvalue weighted by Crippen LogP contribution is 2.42. The molecule has 0 aliphatic carbocycles. The molecule has 0 spiro atoms. The molecule has 0 fully saturated rings. The summed E-state index contributed by atoms with van der Waals surface area (Å²) in [4.78, 5) is 11.1. The highest BCUT2D eigenvalue weighted by atomic mass is 127. The summed E-state index contributed by atoms with van der Waals surface area (Å²) in [5.41, 5.74) is 0.210. The summed E-state index contributed by atoms with van der Waals surface area (Å²) in [5.74, 6) is 0. The van der Waals surface area contributed by atoms with Crippen molar-refractivity contribution in [2.45, 2.75) is 0 Å². The fourth-order valence-corrected chi connectivity index (χ4v) is 4.45. The van der Waals surface area contributed by atoms with Gasteiger partial charge in [-0.1, -0.05) is 24.3 Å². The molecule has 2 aromatic rings. The van der Waals surface area contributed by atoms with E-state index in [-0.39, 0.29) is 5.12 Å². The molecule has 0 heterocycles. The van der Waals surface area contributed by atoms with Crippen LogP contribution < -0.4 is 10.6 Å². The minimum Gasteiger partial charge on any atom is -0.282 e. The van der Waals surface area contributed by atoms with E-state index in [1.807, 2.05) is 42.5 Å². The summed E-state index contributed by atoms with van der Waals surface area (Å²) in [6.07, 6.45) is 0. The molecule has 2 aromatic carbocycles. The predicted octanol–water partition coefficient (Wildman–Crippen LogP) is 3.14. The van der Waals surface area contributed by atoms with Crippen molar-refractivity contribution < 1.29 is 4.79 Å². The molecule has 0 amide bonds. The first-order chi connectivity index (χ1) is 8.18. The van der Waals surface area contributed by atoms with Crippen molar-refractivity contribution in [3.8, 4) is 0 Å². The van der Waals surface area contributed by atoms with Gasteiger partial charge in [-0.05, 0) is 63.0 Å². The Balaban J connectivity index is 2.26. The monoisotopic (exact) mass is 370 g/mol. The molecule has 0 radical (unpaired) electrons. The Kier molecular flexibility index (Phi) is 4.44. The fraction of sp³-hybridized carbons (Fsp3) is 0. The molecule has 0 aliphatic rings. The van der Waals surface area contributed by atoms with E-state index in [1.54, 1.807) is 0 Å². The summed E-state index contributed by atoms with van der Waals surface area (Å²) in [6.45, 7) is 0. The molecule has 0 aromatic heterocycles. The van der Waals surface area contributed by atoms with Crippen LogP contribution in [0.2, 0.25) is 0 Å².